The summed E-state index contributed by atoms with van der Waals surface area (Å²) in [7, 11) is 0. The van der Waals surface area contributed by atoms with Crippen molar-refractivity contribution in [3.8, 4) is 0 Å². The lowest BCUT2D eigenvalue weighted by atomic mass is 10.2. The number of carboxylic acid groups (broad SMARTS) is 1. The number of amides is 1. The van der Waals surface area contributed by atoms with Crippen LogP contribution < -0.4 is 5.32 Å². The third-order valence-electron chi connectivity index (χ3n) is 2.67. The normalized spacial score (nSPS) is 11.2. The van der Waals surface area contributed by atoms with E-state index in [9.17, 15) is 22.8 Å². The second kappa shape index (κ2) is 7.61. The van der Waals surface area contributed by atoms with Crippen LogP contribution in [0.15, 0.2) is 18.3 Å². The van der Waals surface area contributed by atoms with E-state index in [1.54, 1.807) is 0 Å². The van der Waals surface area contributed by atoms with Crippen LogP contribution in [-0.2, 0) is 11.0 Å². The van der Waals surface area contributed by atoms with Gasteiger partial charge < -0.3 is 10.4 Å². The van der Waals surface area contributed by atoms with Crippen LogP contribution in [0.5, 0.6) is 0 Å². The zero-order valence-electron chi connectivity index (χ0n) is 11.1. The first-order valence-electron chi connectivity index (χ1n) is 6.34. The molecule has 1 rings (SSSR count). The van der Waals surface area contributed by atoms with Gasteiger partial charge >= 0.3 is 12.1 Å². The number of nitrogens with one attached hydrogen (secondary N) is 1. The summed E-state index contributed by atoms with van der Waals surface area (Å²) in [6.45, 7) is 0.333. The van der Waals surface area contributed by atoms with E-state index >= 15 is 0 Å². The van der Waals surface area contributed by atoms with Crippen molar-refractivity contribution in [3.05, 3.63) is 29.6 Å². The fourth-order valence-corrected chi connectivity index (χ4v) is 1.58. The predicted octanol–water partition coefficient (Wildman–Crippen LogP) is 2.48. The van der Waals surface area contributed by atoms with Gasteiger partial charge in [0.25, 0.3) is 5.91 Å². The molecular formula is C13H15F3N2O3. The Hall–Kier alpha value is -2.12. The number of rotatable bonds is 7. The molecule has 0 spiro atoms. The van der Waals surface area contributed by atoms with Crippen LogP contribution in [-0.4, -0.2) is 28.5 Å². The first-order valence-corrected chi connectivity index (χ1v) is 6.34. The average Bonchev–Trinajstić information content (AvgIpc) is 2.41. The molecule has 0 saturated heterocycles. The molecule has 1 heterocycles. The average molecular weight is 304 g/mol. The van der Waals surface area contributed by atoms with Crippen LogP contribution in [0.1, 0.15) is 41.7 Å². The Morgan fingerprint density at radius 2 is 1.90 bits per heavy atom. The van der Waals surface area contributed by atoms with Gasteiger partial charge in [-0.3, -0.25) is 14.6 Å². The van der Waals surface area contributed by atoms with Gasteiger partial charge in [-0.2, -0.15) is 13.2 Å². The minimum atomic E-state index is -4.53. The van der Waals surface area contributed by atoms with Crippen molar-refractivity contribution in [1.82, 2.24) is 10.3 Å². The molecule has 116 valence electrons. The quantitative estimate of drug-likeness (QED) is 0.758. The molecule has 21 heavy (non-hydrogen) atoms. The summed E-state index contributed by atoms with van der Waals surface area (Å²) >= 11 is 0. The number of hydrogen-bond donors (Lipinski definition) is 2. The van der Waals surface area contributed by atoms with Gasteiger partial charge in [-0.1, -0.05) is 6.42 Å². The smallest absolute Gasteiger partial charge is 0.433 e. The molecular weight excluding hydrogens is 289 g/mol. The standard InChI is InChI=1S/C13H15F3N2O3/c14-13(15,16)10-6-5-9(8-18-10)12(21)17-7-3-1-2-4-11(19)20/h5-6,8H,1-4,7H2,(H,17,21)(H,19,20). The minimum Gasteiger partial charge on any atom is -0.481 e. The monoisotopic (exact) mass is 304 g/mol. The summed E-state index contributed by atoms with van der Waals surface area (Å²) in [4.78, 5) is 25.1. The summed E-state index contributed by atoms with van der Waals surface area (Å²) in [6, 6.07) is 1.82. The molecule has 1 amide bonds. The van der Waals surface area contributed by atoms with Crippen LogP contribution in [0.2, 0.25) is 0 Å². The van der Waals surface area contributed by atoms with Gasteiger partial charge in [-0.05, 0) is 25.0 Å². The van der Waals surface area contributed by atoms with Gasteiger partial charge in [0, 0.05) is 19.2 Å². The van der Waals surface area contributed by atoms with Crippen LogP contribution in [0.25, 0.3) is 0 Å². The summed E-state index contributed by atoms with van der Waals surface area (Å²) < 4.78 is 36.9. The number of carbonyl (C=O) groups is 2. The van der Waals surface area contributed by atoms with Gasteiger partial charge in [0.1, 0.15) is 5.69 Å². The van der Waals surface area contributed by atoms with Crippen LogP contribution in [0.3, 0.4) is 0 Å². The van der Waals surface area contributed by atoms with Crippen LogP contribution in [0.4, 0.5) is 13.2 Å². The number of carbonyl (C=O) groups excluding carboxylic acids is 1. The number of unbranched alkanes of at least 4 members (excludes halogenated alkanes) is 2. The number of carboxylic acids is 1. The van der Waals surface area contributed by atoms with Crippen LogP contribution >= 0.6 is 0 Å². The van der Waals surface area contributed by atoms with E-state index in [4.69, 9.17) is 5.11 Å². The Labute approximate surface area is 119 Å². The number of hydrogen-bond acceptors (Lipinski definition) is 3. The second-order valence-corrected chi connectivity index (χ2v) is 4.39. The highest BCUT2D eigenvalue weighted by molar-refractivity contribution is 5.93. The third-order valence-corrected chi connectivity index (χ3v) is 2.67. The Morgan fingerprint density at radius 1 is 1.19 bits per heavy atom. The molecule has 0 aliphatic heterocycles. The predicted molar refractivity (Wildman–Crippen MR) is 67.7 cm³/mol. The van der Waals surface area contributed by atoms with E-state index in [0.717, 1.165) is 18.3 Å². The molecule has 1 aromatic rings. The van der Waals surface area contributed by atoms with E-state index in [1.165, 1.54) is 0 Å². The van der Waals surface area contributed by atoms with Gasteiger partial charge in [0.05, 0.1) is 5.56 Å². The molecule has 0 saturated carbocycles. The minimum absolute atomic E-state index is 0.0496. The lowest BCUT2D eigenvalue weighted by Gasteiger charge is -2.07. The Balaban J connectivity index is 2.34. The van der Waals surface area contributed by atoms with Crippen molar-refractivity contribution in [2.24, 2.45) is 0 Å². The SMILES string of the molecule is O=C(O)CCCCCNC(=O)c1ccc(C(F)(F)F)nc1. The summed E-state index contributed by atoms with van der Waals surface area (Å²) in [5, 5.41) is 11.0. The Bertz CT molecular complexity index is 486. The van der Waals surface area contributed by atoms with E-state index in [2.05, 4.69) is 10.3 Å². The van der Waals surface area contributed by atoms with Gasteiger partial charge in [0.15, 0.2) is 0 Å². The first kappa shape index (κ1) is 16.9. The summed E-state index contributed by atoms with van der Waals surface area (Å²) in [6.07, 6.45) is -1.80. The molecule has 0 radical (unpaired) electrons. The fourth-order valence-electron chi connectivity index (χ4n) is 1.58. The number of aromatic nitrogens is 1. The van der Waals surface area contributed by atoms with E-state index in [1.807, 2.05) is 0 Å². The number of nitrogens with zero attached hydrogens (tertiary/aromatic N) is 1. The number of pyridine rings is 1. The lowest BCUT2D eigenvalue weighted by Crippen LogP contribution is -2.24. The van der Waals surface area contributed by atoms with Crippen LogP contribution in [0, 0.1) is 0 Å². The Morgan fingerprint density at radius 3 is 2.43 bits per heavy atom. The van der Waals surface area contributed by atoms with E-state index < -0.39 is 23.7 Å². The van der Waals surface area contributed by atoms with Crippen molar-refractivity contribution in [1.29, 1.82) is 0 Å². The number of alkyl halides is 3. The Kier molecular flexibility index (Phi) is 6.13. The van der Waals surface area contributed by atoms with Crippen molar-refractivity contribution < 1.29 is 27.9 Å². The van der Waals surface area contributed by atoms with E-state index in [0.29, 0.717) is 25.8 Å². The van der Waals surface area contributed by atoms with Crippen molar-refractivity contribution in [2.45, 2.75) is 31.9 Å². The van der Waals surface area contributed by atoms with Gasteiger partial charge in [0.2, 0.25) is 0 Å². The summed E-state index contributed by atoms with van der Waals surface area (Å²) in [5.74, 6) is -1.37. The van der Waals surface area contributed by atoms with Crippen molar-refractivity contribution >= 4 is 11.9 Å². The first-order chi connectivity index (χ1) is 9.80. The molecule has 0 fully saturated rings. The van der Waals surface area contributed by atoms with Gasteiger partial charge in [-0.25, -0.2) is 0 Å². The largest absolute Gasteiger partial charge is 0.481 e. The topological polar surface area (TPSA) is 79.3 Å². The molecule has 0 bridgehead atoms. The molecule has 1 aromatic heterocycles. The van der Waals surface area contributed by atoms with Crippen molar-refractivity contribution in [2.75, 3.05) is 6.54 Å². The fraction of sp³-hybridized carbons (Fsp3) is 0.462. The molecule has 0 unspecified atom stereocenters. The van der Waals surface area contributed by atoms with E-state index in [-0.39, 0.29) is 12.0 Å². The summed E-state index contributed by atoms with van der Waals surface area (Å²) in [5.41, 5.74) is -0.999. The highest BCUT2D eigenvalue weighted by Gasteiger charge is 2.32. The van der Waals surface area contributed by atoms with Gasteiger partial charge in [-0.15, -0.1) is 0 Å². The maximum atomic E-state index is 12.3. The third kappa shape index (κ3) is 6.24. The highest BCUT2D eigenvalue weighted by atomic mass is 19.4. The van der Waals surface area contributed by atoms with Crippen molar-refractivity contribution in [3.63, 3.8) is 0 Å². The molecule has 8 heteroatoms. The molecule has 5 nitrogen and oxygen atoms in total. The molecule has 0 aromatic carbocycles. The maximum Gasteiger partial charge on any atom is 0.433 e. The molecule has 0 atom stereocenters. The number of halogens is 3. The zero-order valence-corrected chi connectivity index (χ0v) is 11.1. The lowest BCUT2D eigenvalue weighted by molar-refractivity contribution is -0.141. The molecule has 0 aliphatic carbocycles. The zero-order chi connectivity index (χ0) is 15.9. The molecule has 2 N–H and O–H groups in total. The second-order valence-electron chi connectivity index (χ2n) is 4.39. The molecule has 0 aliphatic rings. The maximum absolute atomic E-state index is 12.3. The number of aliphatic carboxylic acids is 1. The highest BCUT2D eigenvalue weighted by Crippen LogP contribution is 2.27.